The highest BCUT2D eigenvalue weighted by Gasteiger charge is 2.14. The smallest absolute Gasteiger partial charge is 0.303 e. The lowest BCUT2D eigenvalue weighted by molar-refractivity contribution is -0.383. The quantitative estimate of drug-likeness (QED) is 0.595. The third kappa shape index (κ3) is 3.90. The summed E-state index contributed by atoms with van der Waals surface area (Å²) < 4.78 is 0. The fourth-order valence-corrected chi connectivity index (χ4v) is 1.17. The van der Waals surface area contributed by atoms with E-state index in [4.69, 9.17) is 5.11 Å². The summed E-state index contributed by atoms with van der Waals surface area (Å²) in [5.74, 6) is -1.66. The van der Waals surface area contributed by atoms with E-state index in [1.54, 1.807) is 6.07 Å². The van der Waals surface area contributed by atoms with Crippen molar-refractivity contribution in [2.45, 2.75) is 12.8 Å². The number of nitro benzene ring substituents is 1. The van der Waals surface area contributed by atoms with Crippen molar-refractivity contribution < 1.29 is 19.6 Å². The molecule has 0 saturated carbocycles. The molecule has 0 aliphatic rings. The highest BCUT2D eigenvalue weighted by molar-refractivity contribution is 5.94. The van der Waals surface area contributed by atoms with Gasteiger partial charge in [-0.1, -0.05) is 12.1 Å². The number of benzene rings is 1. The number of hydrogen-bond acceptors (Lipinski definition) is 4. The van der Waals surface area contributed by atoms with Crippen LogP contribution < -0.4 is 5.32 Å². The van der Waals surface area contributed by atoms with Crippen LogP contribution in [0, 0.1) is 10.1 Å². The fraction of sp³-hybridized carbons (Fsp3) is 0.200. The number of nitro groups is 1. The average Bonchev–Trinajstić information content (AvgIpc) is 2.27. The number of para-hydroxylation sites is 2. The Hall–Kier alpha value is -2.44. The van der Waals surface area contributed by atoms with Crippen molar-refractivity contribution in [1.29, 1.82) is 0 Å². The van der Waals surface area contributed by atoms with E-state index in [0.29, 0.717) is 0 Å². The molecule has 0 fully saturated rings. The molecule has 0 unspecified atom stereocenters. The van der Waals surface area contributed by atoms with Gasteiger partial charge in [0, 0.05) is 12.5 Å². The largest absolute Gasteiger partial charge is 0.481 e. The van der Waals surface area contributed by atoms with Gasteiger partial charge < -0.3 is 10.4 Å². The molecule has 0 atom stereocenters. The lowest BCUT2D eigenvalue weighted by atomic mass is 10.2. The molecule has 0 aromatic heterocycles. The van der Waals surface area contributed by atoms with Crippen LogP contribution in [0.3, 0.4) is 0 Å². The maximum Gasteiger partial charge on any atom is 0.303 e. The minimum Gasteiger partial charge on any atom is -0.481 e. The molecule has 0 saturated heterocycles. The van der Waals surface area contributed by atoms with Gasteiger partial charge in [-0.05, 0) is 6.07 Å². The molecule has 0 spiro atoms. The molecule has 2 N–H and O–H groups in total. The number of nitrogens with one attached hydrogen (secondary N) is 1. The third-order valence-electron chi connectivity index (χ3n) is 1.94. The first-order valence-electron chi connectivity index (χ1n) is 4.76. The minimum atomic E-state index is -1.09. The number of rotatable bonds is 5. The van der Waals surface area contributed by atoms with Gasteiger partial charge >= 0.3 is 5.97 Å². The van der Waals surface area contributed by atoms with Crippen LogP contribution >= 0.6 is 0 Å². The number of anilines is 1. The number of carbonyl (C=O) groups is 2. The van der Waals surface area contributed by atoms with Crippen LogP contribution in [-0.4, -0.2) is 21.9 Å². The topological polar surface area (TPSA) is 110 Å². The summed E-state index contributed by atoms with van der Waals surface area (Å²) in [5, 5.41) is 21.3. The van der Waals surface area contributed by atoms with E-state index in [1.807, 2.05) is 0 Å². The van der Waals surface area contributed by atoms with E-state index in [-0.39, 0.29) is 24.2 Å². The Morgan fingerprint density at radius 1 is 1.29 bits per heavy atom. The second-order valence-electron chi connectivity index (χ2n) is 3.22. The van der Waals surface area contributed by atoms with Crippen molar-refractivity contribution in [2.75, 3.05) is 5.32 Å². The van der Waals surface area contributed by atoms with Crippen LogP contribution in [0.25, 0.3) is 0 Å². The van der Waals surface area contributed by atoms with E-state index >= 15 is 0 Å². The van der Waals surface area contributed by atoms with Gasteiger partial charge in [0.2, 0.25) is 5.91 Å². The second-order valence-corrected chi connectivity index (χ2v) is 3.22. The predicted octanol–water partition coefficient (Wildman–Crippen LogP) is 1.40. The molecule has 17 heavy (non-hydrogen) atoms. The van der Waals surface area contributed by atoms with Crippen molar-refractivity contribution in [3.8, 4) is 0 Å². The first kappa shape index (κ1) is 12.6. The molecule has 0 heterocycles. The lowest BCUT2D eigenvalue weighted by Gasteiger charge is -2.04. The normalized spacial score (nSPS) is 9.65. The van der Waals surface area contributed by atoms with Crippen molar-refractivity contribution in [1.82, 2.24) is 0 Å². The van der Waals surface area contributed by atoms with Crippen molar-refractivity contribution >= 4 is 23.3 Å². The Morgan fingerprint density at radius 2 is 1.94 bits per heavy atom. The Labute approximate surface area is 96.2 Å². The van der Waals surface area contributed by atoms with E-state index in [1.165, 1.54) is 18.2 Å². The number of hydrogen-bond donors (Lipinski definition) is 2. The molecule has 1 aromatic carbocycles. The van der Waals surface area contributed by atoms with Gasteiger partial charge in [0.1, 0.15) is 5.69 Å². The summed E-state index contributed by atoms with van der Waals surface area (Å²) in [6.07, 6.45) is -0.534. The molecule has 1 aromatic rings. The monoisotopic (exact) mass is 238 g/mol. The summed E-state index contributed by atoms with van der Waals surface area (Å²) >= 11 is 0. The number of aliphatic carboxylic acids is 1. The van der Waals surface area contributed by atoms with Crippen molar-refractivity contribution in [3.05, 3.63) is 34.4 Å². The minimum absolute atomic E-state index is 0.0629. The third-order valence-corrected chi connectivity index (χ3v) is 1.94. The number of carbonyl (C=O) groups excluding carboxylic acids is 1. The maximum atomic E-state index is 11.3. The van der Waals surface area contributed by atoms with Gasteiger partial charge in [0.15, 0.2) is 0 Å². The molecule has 0 aliphatic carbocycles. The van der Waals surface area contributed by atoms with E-state index in [0.717, 1.165) is 0 Å². The number of amides is 1. The van der Waals surface area contributed by atoms with Crippen LogP contribution in [0.2, 0.25) is 0 Å². The molecular formula is C10H10N2O5. The van der Waals surface area contributed by atoms with Gasteiger partial charge in [-0.15, -0.1) is 0 Å². The SMILES string of the molecule is O=C(O)CCC(=O)Nc1ccccc1[N+](=O)[O-]. The van der Waals surface area contributed by atoms with Crippen LogP contribution in [0.4, 0.5) is 11.4 Å². The van der Waals surface area contributed by atoms with Crippen LogP contribution in [0.1, 0.15) is 12.8 Å². The number of carboxylic acids is 1. The molecule has 7 heteroatoms. The lowest BCUT2D eigenvalue weighted by Crippen LogP contribution is -2.14. The summed E-state index contributed by atoms with van der Waals surface area (Å²) in [7, 11) is 0. The molecule has 7 nitrogen and oxygen atoms in total. The summed E-state index contributed by atoms with van der Waals surface area (Å²) in [4.78, 5) is 31.5. The van der Waals surface area contributed by atoms with Gasteiger partial charge in [-0.3, -0.25) is 19.7 Å². The van der Waals surface area contributed by atoms with Crippen LogP contribution in [0.5, 0.6) is 0 Å². The highest BCUT2D eigenvalue weighted by Crippen LogP contribution is 2.23. The molecule has 1 rings (SSSR count). The van der Waals surface area contributed by atoms with E-state index in [2.05, 4.69) is 5.32 Å². The molecule has 0 aliphatic heterocycles. The standard InChI is InChI=1S/C10H10N2O5/c13-9(5-6-10(14)15)11-7-3-1-2-4-8(7)12(16)17/h1-4H,5-6H2,(H,11,13)(H,14,15). The summed E-state index contributed by atoms with van der Waals surface area (Å²) in [6, 6.07) is 5.66. The van der Waals surface area contributed by atoms with Gasteiger partial charge in [0.05, 0.1) is 11.3 Å². The molecule has 1 amide bonds. The first-order chi connectivity index (χ1) is 8.00. The Bertz CT molecular complexity index is 458. The Kier molecular flexibility index (Phi) is 4.15. The number of carboxylic acid groups (broad SMARTS) is 1. The van der Waals surface area contributed by atoms with Crippen molar-refractivity contribution in [3.63, 3.8) is 0 Å². The maximum absolute atomic E-state index is 11.3. The molecule has 0 radical (unpaired) electrons. The predicted molar refractivity (Wildman–Crippen MR) is 58.6 cm³/mol. The van der Waals surface area contributed by atoms with E-state index < -0.39 is 16.8 Å². The second kappa shape index (κ2) is 5.59. The van der Waals surface area contributed by atoms with Crippen molar-refractivity contribution in [2.24, 2.45) is 0 Å². The number of nitrogens with zero attached hydrogens (tertiary/aromatic N) is 1. The van der Waals surface area contributed by atoms with Gasteiger partial charge in [0.25, 0.3) is 5.69 Å². The molecular weight excluding hydrogens is 228 g/mol. The Morgan fingerprint density at radius 3 is 2.53 bits per heavy atom. The first-order valence-corrected chi connectivity index (χ1v) is 4.76. The zero-order valence-electron chi connectivity index (χ0n) is 8.75. The van der Waals surface area contributed by atoms with Gasteiger partial charge in [-0.25, -0.2) is 0 Å². The highest BCUT2D eigenvalue weighted by atomic mass is 16.6. The average molecular weight is 238 g/mol. The summed E-state index contributed by atoms with van der Waals surface area (Å²) in [6.45, 7) is 0. The van der Waals surface area contributed by atoms with Crippen LogP contribution in [0.15, 0.2) is 24.3 Å². The zero-order valence-corrected chi connectivity index (χ0v) is 8.75. The Balaban J connectivity index is 2.71. The molecule has 0 bridgehead atoms. The van der Waals surface area contributed by atoms with Crippen LogP contribution in [-0.2, 0) is 9.59 Å². The van der Waals surface area contributed by atoms with Gasteiger partial charge in [-0.2, -0.15) is 0 Å². The fourth-order valence-electron chi connectivity index (χ4n) is 1.17. The summed E-state index contributed by atoms with van der Waals surface area (Å²) in [5.41, 5.74) is -0.163. The zero-order chi connectivity index (χ0) is 12.8. The molecule has 90 valence electrons. The van der Waals surface area contributed by atoms with E-state index in [9.17, 15) is 19.7 Å².